The quantitative estimate of drug-likeness (QED) is 0.672. The molecular formula is C20H36O4Si. The third-order valence-corrected chi connectivity index (χ3v) is 12.2. The minimum atomic E-state index is -1.87. The van der Waals surface area contributed by atoms with Crippen LogP contribution in [0.1, 0.15) is 60.3 Å². The Morgan fingerprint density at radius 1 is 1.16 bits per heavy atom. The van der Waals surface area contributed by atoms with E-state index >= 15 is 0 Å². The van der Waals surface area contributed by atoms with Gasteiger partial charge in [0.2, 0.25) is 0 Å². The number of hydrogen-bond donors (Lipinski definition) is 0. The van der Waals surface area contributed by atoms with Crippen molar-refractivity contribution in [2.24, 2.45) is 17.3 Å². The van der Waals surface area contributed by atoms with Crippen LogP contribution in [0.5, 0.6) is 0 Å². The molecule has 0 aromatic rings. The van der Waals surface area contributed by atoms with Gasteiger partial charge in [-0.25, -0.2) is 0 Å². The van der Waals surface area contributed by atoms with E-state index < -0.39 is 14.1 Å². The number of fused-ring (bicyclic) bond motifs is 1. The molecule has 1 saturated heterocycles. The van der Waals surface area contributed by atoms with Gasteiger partial charge in [0.1, 0.15) is 5.78 Å². The maximum Gasteiger partial charge on any atom is 0.192 e. The number of ketones is 1. The SMILES string of the molecule is C[C@H]1[C@@H]2C(=O)CC[C@H](O[Si](C)(C)C(C)(C)C)[C@@]2(C)CCC12OCCO2. The lowest BCUT2D eigenvalue weighted by Crippen LogP contribution is -2.62. The second-order valence-electron chi connectivity index (χ2n) is 10.2. The summed E-state index contributed by atoms with van der Waals surface area (Å²) in [6.45, 7) is 17.2. The van der Waals surface area contributed by atoms with Gasteiger partial charge in [-0.2, -0.15) is 0 Å². The van der Waals surface area contributed by atoms with Crippen LogP contribution in [0, 0.1) is 17.3 Å². The van der Waals surface area contributed by atoms with Crippen molar-refractivity contribution in [3.05, 3.63) is 0 Å². The molecule has 1 heterocycles. The lowest BCUT2D eigenvalue weighted by atomic mass is 9.53. The Kier molecular flexibility index (Phi) is 4.80. The fraction of sp³-hybridized carbons (Fsp3) is 0.950. The van der Waals surface area contributed by atoms with Gasteiger partial charge in [0.25, 0.3) is 0 Å². The van der Waals surface area contributed by atoms with Gasteiger partial charge in [-0.3, -0.25) is 4.79 Å². The van der Waals surface area contributed by atoms with Crippen LogP contribution >= 0.6 is 0 Å². The molecule has 4 nitrogen and oxygen atoms in total. The van der Waals surface area contributed by atoms with Crippen LogP contribution in [0.2, 0.25) is 18.1 Å². The molecule has 5 heteroatoms. The molecule has 3 fully saturated rings. The van der Waals surface area contributed by atoms with Gasteiger partial charge >= 0.3 is 0 Å². The largest absolute Gasteiger partial charge is 0.413 e. The van der Waals surface area contributed by atoms with Gasteiger partial charge in [-0.15, -0.1) is 0 Å². The standard InChI is InChI=1S/C20H36O4Si/c1-14-17-15(21)8-9-16(24-25(6,7)18(2,3)4)19(17,5)10-11-20(14)22-12-13-23-20/h14,16-17H,8-13H2,1-7H3/t14-,16-,17+,19+/m0/s1. The Hall–Kier alpha value is -0.233. The second-order valence-corrected chi connectivity index (χ2v) is 14.9. The molecule has 3 aliphatic rings. The van der Waals surface area contributed by atoms with E-state index in [-0.39, 0.29) is 28.4 Å². The topological polar surface area (TPSA) is 44.8 Å². The zero-order valence-electron chi connectivity index (χ0n) is 17.1. The first-order valence-electron chi connectivity index (χ1n) is 9.91. The van der Waals surface area contributed by atoms with E-state index in [0.29, 0.717) is 25.4 Å². The van der Waals surface area contributed by atoms with Crippen LogP contribution in [-0.2, 0) is 18.7 Å². The highest BCUT2D eigenvalue weighted by Gasteiger charge is 2.62. The third-order valence-electron chi connectivity index (χ3n) is 7.67. The third kappa shape index (κ3) is 3.05. The van der Waals surface area contributed by atoms with Crippen LogP contribution in [0.3, 0.4) is 0 Å². The number of hydrogen-bond acceptors (Lipinski definition) is 4. The Bertz CT molecular complexity index is 532. The average Bonchev–Trinajstić information content (AvgIpc) is 2.96. The Balaban J connectivity index is 1.89. The molecule has 0 N–H and O–H groups in total. The molecule has 0 aromatic carbocycles. The van der Waals surface area contributed by atoms with E-state index in [1.165, 1.54) is 0 Å². The van der Waals surface area contributed by atoms with Crippen molar-refractivity contribution in [2.45, 2.75) is 90.3 Å². The summed E-state index contributed by atoms with van der Waals surface area (Å²) in [6.07, 6.45) is 3.45. The Morgan fingerprint density at radius 2 is 1.76 bits per heavy atom. The van der Waals surface area contributed by atoms with Crippen molar-refractivity contribution in [3.8, 4) is 0 Å². The first kappa shape index (κ1) is 19.5. The van der Waals surface area contributed by atoms with Crippen LogP contribution in [0.15, 0.2) is 0 Å². The molecule has 144 valence electrons. The van der Waals surface area contributed by atoms with Gasteiger partial charge in [0, 0.05) is 30.1 Å². The summed E-state index contributed by atoms with van der Waals surface area (Å²) in [6, 6.07) is 0. The summed E-state index contributed by atoms with van der Waals surface area (Å²) in [5.74, 6) is -0.100. The van der Waals surface area contributed by atoms with E-state index in [1.54, 1.807) is 0 Å². The highest BCUT2D eigenvalue weighted by Crippen LogP contribution is 2.58. The van der Waals surface area contributed by atoms with E-state index in [9.17, 15) is 4.79 Å². The highest BCUT2D eigenvalue weighted by molar-refractivity contribution is 6.74. The Morgan fingerprint density at radius 3 is 2.32 bits per heavy atom. The molecule has 2 saturated carbocycles. The first-order valence-corrected chi connectivity index (χ1v) is 12.8. The number of Topliss-reactive ketones (excluding diaryl/α,β-unsaturated/α-hetero) is 1. The summed E-state index contributed by atoms with van der Waals surface area (Å²) in [4.78, 5) is 12.9. The summed E-state index contributed by atoms with van der Waals surface area (Å²) < 4.78 is 18.9. The van der Waals surface area contributed by atoms with E-state index in [0.717, 1.165) is 19.3 Å². The van der Waals surface area contributed by atoms with Crippen molar-refractivity contribution in [1.29, 1.82) is 0 Å². The van der Waals surface area contributed by atoms with Gasteiger partial charge < -0.3 is 13.9 Å². The molecule has 2 aliphatic carbocycles. The molecule has 0 unspecified atom stereocenters. The van der Waals surface area contributed by atoms with Crippen molar-refractivity contribution >= 4 is 14.1 Å². The van der Waals surface area contributed by atoms with Crippen LogP contribution < -0.4 is 0 Å². The van der Waals surface area contributed by atoms with E-state index in [1.807, 2.05) is 0 Å². The highest BCUT2D eigenvalue weighted by atomic mass is 28.4. The molecule has 1 aliphatic heterocycles. The molecule has 0 amide bonds. The second kappa shape index (κ2) is 6.15. The molecular weight excluding hydrogens is 332 g/mol. The van der Waals surface area contributed by atoms with Gasteiger partial charge in [-0.1, -0.05) is 34.6 Å². The molecule has 0 radical (unpaired) electrons. The van der Waals surface area contributed by atoms with Gasteiger partial charge in [0.05, 0.1) is 19.3 Å². The smallest absolute Gasteiger partial charge is 0.192 e. The molecule has 0 bridgehead atoms. The fourth-order valence-electron chi connectivity index (χ4n) is 5.02. The fourth-order valence-corrected chi connectivity index (χ4v) is 6.47. The first-order chi connectivity index (χ1) is 11.4. The molecule has 1 spiro atoms. The predicted octanol–water partition coefficient (Wildman–Crippen LogP) is 4.54. The number of ether oxygens (including phenoxy) is 2. The lowest BCUT2D eigenvalue weighted by molar-refractivity contribution is -0.251. The van der Waals surface area contributed by atoms with Crippen molar-refractivity contribution < 1.29 is 18.7 Å². The zero-order chi connectivity index (χ0) is 18.7. The lowest BCUT2D eigenvalue weighted by Gasteiger charge is -2.57. The van der Waals surface area contributed by atoms with Gasteiger partial charge in [-0.05, 0) is 31.0 Å². The number of rotatable bonds is 2. The summed E-state index contributed by atoms with van der Waals surface area (Å²) >= 11 is 0. The monoisotopic (exact) mass is 368 g/mol. The summed E-state index contributed by atoms with van der Waals surface area (Å²) in [7, 11) is -1.87. The van der Waals surface area contributed by atoms with Crippen LogP contribution in [-0.4, -0.2) is 39.2 Å². The number of carbonyl (C=O) groups excluding carboxylic acids is 1. The zero-order valence-corrected chi connectivity index (χ0v) is 18.1. The summed E-state index contributed by atoms with van der Waals surface area (Å²) in [5.41, 5.74) is -0.106. The van der Waals surface area contributed by atoms with Gasteiger partial charge in [0.15, 0.2) is 14.1 Å². The Labute approximate surface area is 154 Å². The minimum absolute atomic E-state index is 0.0251. The molecule has 25 heavy (non-hydrogen) atoms. The van der Waals surface area contributed by atoms with E-state index in [4.69, 9.17) is 13.9 Å². The van der Waals surface area contributed by atoms with Crippen LogP contribution in [0.4, 0.5) is 0 Å². The maximum atomic E-state index is 12.9. The van der Waals surface area contributed by atoms with Crippen molar-refractivity contribution in [1.82, 2.24) is 0 Å². The molecule has 0 aromatic heterocycles. The predicted molar refractivity (Wildman–Crippen MR) is 101 cm³/mol. The maximum absolute atomic E-state index is 12.9. The van der Waals surface area contributed by atoms with Crippen LogP contribution in [0.25, 0.3) is 0 Å². The van der Waals surface area contributed by atoms with Crippen molar-refractivity contribution in [2.75, 3.05) is 13.2 Å². The van der Waals surface area contributed by atoms with Crippen molar-refractivity contribution in [3.63, 3.8) is 0 Å². The molecule has 3 rings (SSSR count). The summed E-state index contributed by atoms with van der Waals surface area (Å²) in [5, 5.41) is 0.180. The minimum Gasteiger partial charge on any atom is -0.413 e. The van der Waals surface area contributed by atoms with E-state index in [2.05, 4.69) is 47.7 Å². The average molecular weight is 369 g/mol. The molecule has 4 atom stereocenters. The number of carbonyl (C=O) groups is 1. The normalized spacial score (nSPS) is 38.8.